The molecule has 1 aliphatic carbocycles. The number of carbonyl (C=O) groups excluding carboxylic acids is 1. The van der Waals surface area contributed by atoms with Crippen LogP contribution < -0.4 is 19.5 Å². The molecule has 2 aromatic carbocycles. The van der Waals surface area contributed by atoms with E-state index < -0.39 is 5.41 Å². The number of rotatable bonds is 8. The number of carbonyl (C=O) groups is 1. The molecule has 1 aliphatic heterocycles. The van der Waals surface area contributed by atoms with Gasteiger partial charge < -0.3 is 24.3 Å². The van der Waals surface area contributed by atoms with Crippen molar-refractivity contribution < 1.29 is 23.7 Å². The first-order valence-electron chi connectivity index (χ1n) is 11.8. The van der Waals surface area contributed by atoms with E-state index in [0.717, 1.165) is 49.8 Å². The van der Waals surface area contributed by atoms with Crippen LogP contribution in [-0.4, -0.2) is 47.0 Å². The number of methoxy groups -OCH3 is 3. The predicted octanol–water partition coefficient (Wildman–Crippen LogP) is 4.39. The fourth-order valence-corrected chi connectivity index (χ4v) is 5.45. The molecule has 0 unspecified atom stereocenters. The van der Waals surface area contributed by atoms with E-state index in [0.29, 0.717) is 31.3 Å². The van der Waals surface area contributed by atoms with Crippen LogP contribution in [0.1, 0.15) is 49.7 Å². The van der Waals surface area contributed by atoms with Gasteiger partial charge >= 0.3 is 0 Å². The maximum absolute atomic E-state index is 13.8. The second-order valence-electron chi connectivity index (χ2n) is 9.16. The molecule has 2 aliphatic rings. The highest BCUT2D eigenvalue weighted by molar-refractivity contribution is 5.89. The molecule has 0 radical (unpaired) electrons. The van der Waals surface area contributed by atoms with Gasteiger partial charge in [0, 0.05) is 25.2 Å². The molecule has 0 spiro atoms. The second-order valence-corrected chi connectivity index (χ2v) is 9.16. The summed E-state index contributed by atoms with van der Waals surface area (Å²) in [7, 11) is 4.93. The number of benzene rings is 2. The second kappa shape index (κ2) is 10.0. The van der Waals surface area contributed by atoms with E-state index in [2.05, 4.69) is 17.4 Å². The first-order valence-corrected chi connectivity index (χ1v) is 11.8. The monoisotopic (exact) mass is 453 g/mol. The third kappa shape index (κ3) is 4.54. The number of ether oxygens (including phenoxy) is 4. The molecule has 1 amide bonds. The predicted molar refractivity (Wildman–Crippen MR) is 127 cm³/mol. The van der Waals surface area contributed by atoms with Gasteiger partial charge in [0.15, 0.2) is 11.5 Å². The van der Waals surface area contributed by atoms with Gasteiger partial charge in [-0.2, -0.15) is 0 Å². The molecule has 1 saturated heterocycles. The van der Waals surface area contributed by atoms with Crippen molar-refractivity contribution in [3.05, 3.63) is 53.6 Å². The van der Waals surface area contributed by atoms with Crippen molar-refractivity contribution >= 4 is 5.91 Å². The van der Waals surface area contributed by atoms with E-state index in [9.17, 15) is 4.79 Å². The van der Waals surface area contributed by atoms with Crippen molar-refractivity contribution in [3.8, 4) is 17.2 Å². The van der Waals surface area contributed by atoms with Crippen LogP contribution in [0.2, 0.25) is 0 Å². The van der Waals surface area contributed by atoms with Gasteiger partial charge in [-0.25, -0.2) is 0 Å². The Bertz CT molecular complexity index is 943. The lowest BCUT2D eigenvalue weighted by molar-refractivity contribution is -0.127. The maximum atomic E-state index is 13.8. The Morgan fingerprint density at radius 3 is 2.09 bits per heavy atom. The lowest BCUT2D eigenvalue weighted by atomic mass is 9.73. The SMILES string of the molecule is COc1ccc(C2(CNC(=O)C3(c4ccc(OC)c(OC)c4)CCCC3)CCOCC2)cc1. The molecule has 0 atom stereocenters. The van der Waals surface area contributed by atoms with Crippen LogP contribution in [0, 0.1) is 0 Å². The number of hydrogen-bond donors (Lipinski definition) is 1. The summed E-state index contributed by atoms with van der Waals surface area (Å²) < 4.78 is 21.9. The van der Waals surface area contributed by atoms with E-state index in [1.165, 1.54) is 5.56 Å². The van der Waals surface area contributed by atoms with E-state index in [1.807, 2.05) is 30.3 Å². The highest BCUT2D eigenvalue weighted by atomic mass is 16.5. The van der Waals surface area contributed by atoms with Gasteiger partial charge in [-0.1, -0.05) is 31.0 Å². The standard InChI is InChI=1S/C27H35NO5/c1-30-22-9-6-20(7-10-22)26(14-16-33-17-15-26)19-28-25(29)27(12-4-5-13-27)21-8-11-23(31-2)24(18-21)32-3/h6-11,18H,4-5,12-17,19H2,1-3H3,(H,28,29). The van der Waals surface area contributed by atoms with Gasteiger partial charge in [0.1, 0.15) is 5.75 Å². The normalized spacial score (nSPS) is 19.0. The highest BCUT2D eigenvalue weighted by Gasteiger charge is 2.44. The van der Waals surface area contributed by atoms with Crippen LogP contribution in [0.4, 0.5) is 0 Å². The maximum Gasteiger partial charge on any atom is 0.230 e. The molecule has 0 aromatic heterocycles. The van der Waals surface area contributed by atoms with E-state index in [4.69, 9.17) is 18.9 Å². The Labute approximate surface area is 196 Å². The average Bonchev–Trinajstić information content (AvgIpc) is 3.39. The first-order chi connectivity index (χ1) is 16.1. The third-order valence-corrected chi connectivity index (χ3v) is 7.57. The number of nitrogens with one attached hydrogen (secondary N) is 1. The van der Waals surface area contributed by atoms with Crippen LogP contribution in [0.3, 0.4) is 0 Å². The third-order valence-electron chi connectivity index (χ3n) is 7.57. The Hall–Kier alpha value is -2.73. The van der Waals surface area contributed by atoms with Crippen molar-refractivity contribution in [1.82, 2.24) is 5.32 Å². The molecule has 1 heterocycles. The quantitative estimate of drug-likeness (QED) is 0.642. The summed E-state index contributed by atoms with van der Waals surface area (Å²) >= 11 is 0. The van der Waals surface area contributed by atoms with Crippen LogP contribution in [0.15, 0.2) is 42.5 Å². The number of hydrogen-bond acceptors (Lipinski definition) is 5. The van der Waals surface area contributed by atoms with E-state index in [-0.39, 0.29) is 11.3 Å². The minimum atomic E-state index is -0.536. The van der Waals surface area contributed by atoms with E-state index in [1.54, 1.807) is 21.3 Å². The van der Waals surface area contributed by atoms with Gasteiger partial charge in [-0.15, -0.1) is 0 Å². The molecule has 6 heteroatoms. The van der Waals surface area contributed by atoms with Crippen molar-refractivity contribution in [3.63, 3.8) is 0 Å². The molecule has 4 rings (SSSR count). The first kappa shape index (κ1) is 23.4. The van der Waals surface area contributed by atoms with Crippen LogP contribution in [-0.2, 0) is 20.4 Å². The summed E-state index contributed by atoms with van der Waals surface area (Å²) in [6.45, 7) is 1.99. The smallest absolute Gasteiger partial charge is 0.230 e. The minimum absolute atomic E-state index is 0.103. The summed E-state index contributed by atoms with van der Waals surface area (Å²) in [6.07, 6.45) is 5.52. The largest absolute Gasteiger partial charge is 0.497 e. The zero-order valence-corrected chi connectivity index (χ0v) is 19.9. The summed E-state index contributed by atoms with van der Waals surface area (Å²) in [4.78, 5) is 13.8. The minimum Gasteiger partial charge on any atom is -0.497 e. The summed E-state index contributed by atoms with van der Waals surface area (Å²) in [5.41, 5.74) is 1.54. The van der Waals surface area contributed by atoms with E-state index >= 15 is 0 Å². The highest BCUT2D eigenvalue weighted by Crippen LogP contribution is 2.44. The number of amides is 1. The topological polar surface area (TPSA) is 66.0 Å². The average molecular weight is 454 g/mol. The van der Waals surface area contributed by atoms with Gasteiger partial charge in [0.2, 0.25) is 5.91 Å². The summed E-state index contributed by atoms with van der Waals surface area (Å²) in [6, 6.07) is 14.1. The lowest BCUT2D eigenvalue weighted by Crippen LogP contribution is -2.50. The Balaban J connectivity index is 1.59. The molecule has 1 N–H and O–H groups in total. The zero-order chi connectivity index (χ0) is 23.3. The molecule has 1 saturated carbocycles. The van der Waals surface area contributed by atoms with Gasteiger partial charge in [-0.3, -0.25) is 4.79 Å². The van der Waals surface area contributed by atoms with Crippen molar-refractivity contribution in [1.29, 1.82) is 0 Å². The van der Waals surface area contributed by atoms with Crippen LogP contribution in [0.5, 0.6) is 17.2 Å². The molecule has 6 nitrogen and oxygen atoms in total. The molecule has 178 valence electrons. The Kier molecular flexibility index (Phi) is 7.13. The lowest BCUT2D eigenvalue weighted by Gasteiger charge is -2.39. The van der Waals surface area contributed by atoms with Crippen molar-refractivity contribution in [2.45, 2.75) is 49.4 Å². The van der Waals surface area contributed by atoms with Crippen LogP contribution >= 0.6 is 0 Å². The molecule has 33 heavy (non-hydrogen) atoms. The van der Waals surface area contributed by atoms with Gasteiger partial charge in [-0.05, 0) is 61.1 Å². The van der Waals surface area contributed by atoms with Gasteiger partial charge in [0.25, 0.3) is 0 Å². The molecular weight excluding hydrogens is 418 g/mol. The molecule has 0 bridgehead atoms. The Morgan fingerprint density at radius 1 is 0.848 bits per heavy atom. The van der Waals surface area contributed by atoms with Crippen molar-refractivity contribution in [2.75, 3.05) is 41.1 Å². The fourth-order valence-electron chi connectivity index (χ4n) is 5.45. The zero-order valence-electron chi connectivity index (χ0n) is 19.9. The van der Waals surface area contributed by atoms with Crippen LogP contribution in [0.25, 0.3) is 0 Å². The van der Waals surface area contributed by atoms with Crippen molar-refractivity contribution in [2.24, 2.45) is 0 Å². The molecule has 2 aromatic rings. The Morgan fingerprint density at radius 2 is 1.48 bits per heavy atom. The van der Waals surface area contributed by atoms with Gasteiger partial charge in [0.05, 0.1) is 26.7 Å². The molecule has 2 fully saturated rings. The molecular formula is C27H35NO5. The summed E-state index contributed by atoms with van der Waals surface area (Å²) in [5, 5.41) is 3.37. The summed E-state index contributed by atoms with van der Waals surface area (Å²) in [5.74, 6) is 2.28. The fraction of sp³-hybridized carbons (Fsp3) is 0.519.